The summed E-state index contributed by atoms with van der Waals surface area (Å²) in [7, 11) is -3.94. The summed E-state index contributed by atoms with van der Waals surface area (Å²) >= 11 is 0. The minimum Gasteiger partial charge on any atom is -0.350 e. The van der Waals surface area contributed by atoms with E-state index < -0.39 is 10.0 Å². The van der Waals surface area contributed by atoms with Gasteiger partial charge in [-0.25, -0.2) is 8.42 Å². The fourth-order valence-corrected chi connectivity index (χ4v) is 6.03. The number of likely N-dealkylation sites (tertiary alicyclic amines) is 1. The molecule has 0 bridgehead atoms. The van der Waals surface area contributed by atoms with E-state index in [4.69, 9.17) is 0 Å². The molecule has 0 radical (unpaired) electrons. The molecule has 1 heterocycles. The number of sulfonamides is 1. The fourth-order valence-electron chi connectivity index (χ4n) is 4.55. The van der Waals surface area contributed by atoms with Crippen LogP contribution in [0.4, 0.5) is 5.69 Å². The summed E-state index contributed by atoms with van der Waals surface area (Å²) < 4.78 is 28.6. The normalized spacial score (nSPS) is 14.1. The zero-order valence-corrected chi connectivity index (χ0v) is 22.1. The highest BCUT2D eigenvalue weighted by Crippen LogP contribution is 2.28. The first-order valence-corrected chi connectivity index (χ1v) is 13.9. The van der Waals surface area contributed by atoms with Crippen molar-refractivity contribution in [3.63, 3.8) is 0 Å². The van der Waals surface area contributed by atoms with Crippen LogP contribution in [0.2, 0.25) is 0 Å². The second-order valence-electron chi connectivity index (χ2n) is 9.69. The van der Waals surface area contributed by atoms with Gasteiger partial charge < -0.3 is 5.32 Å². The molecule has 1 saturated heterocycles. The third kappa shape index (κ3) is 6.33. The molecule has 1 amide bonds. The van der Waals surface area contributed by atoms with E-state index in [0.717, 1.165) is 41.9 Å². The van der Waals surface area contributed by atoms with Gasteiger partial charge in [-0.15, -0.1) is 0 Å². The van der Waals surface area contributed by atoms with Crippen LogP contribution in [-0.2, 0) is 27.9 Å². The molecular weight excluding hydrogens is 470 g/mol. The molecule has 1 aliphatic rings. The van der Waals surface area contributed by atoms with Gasteiger partial charge in [-0.3, -0.25) is 14.0 Å². The molecule has 3 aromatic rings. The highest BCUT2D eigenvalue weighted by Gasteiger charge is 2.28. The van der Waals surface area contributed by atoms with Gasteiger partial charge in [0.25, 0.3) is 10.0 Å². The predicted molar refractivity (Wildman–Crippen MR) is 144 cm³/mol. The molecule has 0 unspecified atom stereocenters. The number of hydrogen-bond acceptors (Lipinski definition) is 4. The lowest BCUT2D eigenvalue weighted by atomic mass is 10.1. The summed E-state index contributed by atoms with van der Waals surface area (Å²) in [6, 6.07) is 20.6. The van der Waals surface area contributed by atoms with E-state index in [9.17, 15) is 13.2 Å². The minimum absolute atomic E-state index is 0.163. The first-order valence-electron chi connectivity index (χ1n) is 12.5. The average Bonchev–Trinajstić information content (AvgIpc) is 3.36. The van der Waals surface area contributed by atoms with Gasteiger partial charge in [-0.2, -0.15) is 0 Å². The molecule has 6 nitrogen and oxygen atoms in total. The van der Waals surface area contributed by atoms with Crippen LogP contribution >= 0.6 is 0 Å². The van der Waals surface area contributed by atoms with Crippen LogP contribution in [0.1, 0.15) is 40.7 Å². The van der Waals surface area contributed by atoms with E-state index in [-0.39, 0.29) is 17.3 Å². The van der Waals surface area contributed by atoms with Crippen molar-refractivity contribution in [3.8, 4) is 0 Å². The maximum atomic E-state index is 13.7. The maximum absolute atomic E-state index is 13.7. The number of carbonyl (C=O) groups is 1. The molecule has 36 heavy (non-hydrogen) atoms. The van der Waals surface area contributed by atoms with Gasteiger partial charge in [0.15, 0.2) is 0 Å². The smallest absolute Gasteiger partial charge is 0.264 e. The Morgan fingerprint density at radius 1 is 0.889 bits per heavy atom. The van der Waals surface area contributed by atoms with Crippen molar-refractivity contribution < 1.29 is 13.2 Å². The summed E-state index contributed by atoms with van der Waals surface area (Å²) in [6.07, 6.45) is 2.50. The van der Waals surface area contributed by atoms with Crippen molar-refractivity contribution in [3.05, 3.63) is 94.5 Å². The number of carbonyl (C=O) groups excluding carboxylic acids is 1. The molecule has 4 rings (SSSR count). The van der Waals surface area contributed by atoms with Gasteiger partial charge >= 0.3 is 0 Å². The average molecular weight is 506 g/mol. The zero-order chi connectivity index (χ0) is 25.7. The Labute approximate surface area is 215 Å². The van der Waals surface area contributed by atoms with E-state index in [2.05, 4.69) is 22.3 Å². The summed E-state index contributed by atoms with van der Waals surface area (Å²) in [5, 5.41) is 2.93. The lowest BCUT2D eigenvalue weighted by molar-refractivity contribution is -0.119. The van der Waals surface area contributed by atoms with Gasteiger partial charge in [-0.05, 0) is 87.2 Å². The molecule has 0 aliphatic carbocycles. The quantitative estimate of drug-likeness (QED) is 0.457. The first-order chi connectivity index (χ1) is 17.2. The van der Waals surface area contributed by atoms with E-state index >= 15 is 0 Å². The van der Waals surface area contributed by atoms with E-state index in [1.807, 2.05) is 51.1 Å². The highest BCUT2D eigenvalue weighted by atomic mass is 32.2. The van der Waals surface area contributed by atoms with Crippen LogP contribution in [-0.4, -0.2) is 38.9 Å². The monoisotopic (exact) mass is 505 g/mol. The van der Waals surface area contributed by atoms with E-state index in [1.165, 1.54) is 22.7 Å². The summed E-state index contributed by atoms with van der Waals surface area (Å²) in [4.78, 5) is 15.7. The largest absolute Gasteiger partial charge is 0.350 e. The highest BCUT2D eigenvalue weighted by molar-refractivity contribution is 7.92. The Balaban J connectivity index is 1.52. The Hall–Kier alpha value is -3.16. The third-order valence-electron chi connectivity index (χ3n) is 6.62. The maximum Gasteiger partial charge on any atom is 0.264 e. The van der Waals surface area contributed by atoms with E-state index in [0.29, 0.717) is 12.2 Å². The third-order valence-corrected chi connectivity index (χ3v) is 8.39. The van der Waals surface area contributed by atoms with Gasteiger partial charge in [0.1, 0.15) is 6.54 Å². The van der Waals surface area contributed by atoms with Crippen LogP contribution in [0.5, 0.6) is 0 Å². The number of benzene rings is 3. The Bertz CT molecular complexity index is 1310. The van der Waals surface area contributed by atoms with Gasteiger partial charge in [0.2, 0.25) is 5.91 Å². The lowest BCUT2D eigenvalue weighted by Gasteiger charge is -2.26. The second kappa shape index (κ2) is 11.3. The summed E-state index contributed by atoms with van der Waals surface area (Å²) in [5.41, 5.74) is 5.42. The molecule has 3 aromatic carbocycles. The molecule has 1 fully saturated rings. The van der Waals surface area contributed by atoms with Crippen molar-refractivity contribution in [1.82, 2.24) is 10.2 Å². The first kappa shape index (κ1) is 25.9. The standard InChI is InChI=1S/C29H35N3O3S/c1-22-10-13-27(14-11-22)36(34,35)32(28-17-23(2)9-12-24(28)3)21-29(33)30-19-25-7-6-8-26(18-25)20-31-15-4-5-16-31/h6-14,17-18H,4-5,15-16,19-21H2,1-3H3,(H,30,33). The van der Waals surface area contributed by atoms with Crippen LogP contribution in [0.25, 0.3) is 0 Å². The number of nitrogens with one attached hydrogen (secondary N) is 1. The SMILES string of the molecule is Cc1ccc(S(=O)(=O)N(CC(=O)NCc2cccc(CN3CCCC3)c2)c2cc(C)ccc2C)cc1. The van der Waals surface area contributed by atoms with Crippen LogP contribution in [0, 0.1) is 20.8 Å². The number of hydrogen-bond donors (Lipinski definition) is 1. The number of nitrogens with zero attached hydrogens (tertiary/aromatic N) is 2. The molecule has 1 N–H and O–H groups in total. The minimum atomic E-state index is -3.94. The Morgan fingerprint density at radius 3 is 2.28 bits per heavy atom. The molecule has 7 heteroatoms. The van der Waals surface area contributed by atoms with Crippen molar-refractivity contribution in [2.24, 2.45) is 0 Å². The van der Waals surface area contributed by atoms with Crippen molar-refractivity contribution in [1.29, 1.82) is 0 Å². The Morgan fingerprint density at radius 2 is 1.56 bits per heavy atom. The van der Waals surface area contributed by atoms with Gasteiger partial charge in [-0.1, -0.05) is 54.1 Å². The topological polar surface area (TPSA) is 69.7 Å². The Kier molecular flexibility index (Phi) is 8.11. The molecule has 1 aliphatic heterocycles. The molecule has 0 spiro atoms. The molecule has 190 valence electrons. The number of aryl methyl sites for hydroxylation is 3. The van der Waals surface area contributed by atoms with Crippen LogP contribution < -0.4 is 9.62 Å². The van der Waals surface area contributed by atoms with Crippen molar-refractivity contribution in [2.75, 3.05) is 23.9 Å². The molecule has 0 atom stereocenters. The number of amides is 1. The lowest BCUT2D eigenvalue weighted by Crippen LogP contribution is -2.41. The summed E-state index contributed by atoms with van der Waals surface area (Å²) in [6.45, 7) is 8.90. The van der Waals surface area contributed by atoms with Gasteiger partial charge in [0.05, 0.1) is 10.6 Å². The molecular formula is C29H35N3O3S. The second-order valence-corrected chi connectivity index (χ2v) is 11.6. The fraction of sp³-hybridized carbons (Fsp3) is 0.345. The van der Waals surface area contributed by atoms with Gasteiger partial charge in [0, 0.05) is 13.1 Å². The predicted octanol–water partition coefficient (Wildman–Crippen LogP) is 4.72. The number of anilines is 1. The van der Waals surface area contributed by atoms with Crippen molar-refractivity contribution >= 4 is 21.6 Å². The molecule has 0 aromatic heterocycles. The van der Waals surface area contributed by atoms with Crippen LogP contribution in [0.3, 0.4) is 0 Å². The van der Waals surface area contributed by atoms with E-state index in [1.54, 1.807) is 24.3 Å². The zero-order valence-electron chi connectivity index (χ0n) is 21.3. The van der Waals surface area contributed by atoms with Crippen LogP contribution in [0.15, 0.2) is 71.6 Å². The van der Waals surface area contributed by atoms with Crippen molar-refractivity contribution in [2.45, 2.75) is 51.6 Å². The summed E-state index contributed by atoms with van der Waals surface area (Å²) in [5.74, 6) is -0.350. The number of rotatable bonds is 9. The molecule has 0 saturated carbocycles.